The Morgan fingerprint density at radius 3 is 2.11 bits per heavy atom. The van der Waals surface area contributed by atoms with Crippen molar-refractivity contribution in [1.82, 2.24) is 0 Å². The lowest BCUT2D eigenvalue weighted by molar-refractivity contribution is 0.105. The van der Waals surface area contributed by atoms with Gasteiger partial charge >= 0.3 is 0 Å². The minimum atomic E-state index is 0.171. The lowest BCUT2D eigenvalue weighted by Crippen LogP contribution is -2.00. The van der Waals surface area contributed by atoms with Crippen LogP contribution in [0.15, 0.2) is 18.2 Å². The van der Waals surface area contributed by atoms with E-state index in [0.29, 0.717) is 0 Å². The fourth-order valence-corrected chi connectivity index (χ4v) is 2.51. The second-order valence-corrected chi connectivity index (χ2v) is 5.11. The topological polar surface area (TPSA) is 17.1 Å². The third-order valence-electron chi connectivity index (χ3n) is 3.65. The Hall–Kier alpha value is -1.37. The van der Waals surface area contributed by atoms with E-state index in [-0.39, 0.29) is 5.78 Å². The number of carbonyl (C=O) groups is 1. The van der Waals surface area contributed by atoms with Gasteiger partial charge in [-0.3, -0.25) is 4.79 Å². The monoisotopic (exact) mass is 242 g/mol. The van der Waals surface area contributed by atoms with E-state index in [0.717, 1.165) is 24.0 Å². The fourth-order valence-electron chi connectivity index (χ4n) is 2.51. The van der Waals surface area contributed by atoms with Crippen molar-refractivity contribution in [2.24, 2.45) is 0 Å². The molecule has 96 valence electrons. The van der Waals surface area contributed by atoms with Gasteiger partial charge in [0.1, 0.15) is 0 Å². The Labute approximate surface area is 110 Å². The van der Waals surface area contributed by atoms with Gasteiger partial charge in [-0.1, -0.05) is 38.8 Å². The van der Waals surface area contributed by atoms with Gasteiger partial charge in [-0.2, -0.15) is 0 Å². The first-order valence-corrected chi connectivity index (χ1v) is 7.14. The second kappa shape index (κ2) is 5.99. The molecule has 1 aliphatic rings. The van der Waals surface area contributed by atoms with E-state index in [1.165, 1.54) is 36.8 Å². The molecule has 0 bridgehead atoms. The summed E-state index contributed by atoms with van der Waals surface area (Å²) < 4.78 is 0. The zero-order valence-electron chi connectivity index (χ0n) is 11.5. The maximum Gasteiger partial charge on any atom is 0.186 e. The summed E-state index contributed by atoms with van der Waals surface area (Å²) in [5.74, 6) is 0.171. The van der Waals surface area contributed by atoms with E-state index in [4.69, 9.17) is 0 Å². The van der Waals surface area contributed by atoms with Crippen LogP contribution in [0.3, 0.4) is 0 Å². The van der Waals surface area contributed by atoms with E-state index in [9.17, 15) is 4.79 Å². The Balaban J connectivity index is 2.30. The third kappa shape index (κ3) is 2.72. The summed E-state index contributed by atoms with van der Waals surface area (Å²) in [7, 11) is 0. The number of fused-ring (bicyclic) bond motifs is 1. The predicted octanol–water partition coefficient (Wildman–Crippen LogP) is 4.58. The SMILES string of the molecule is CCCCc1cc2c(cc1CCCC)C(=O)C=C2. The normalized spacial score (nSPS) is 13.1. The molecule has 0 amide bonds. The van der Waals surface area contributed by atoms with E-state index < -0.39 is 0 Å². The number of hydrogen-bond acceptors (Lipinski definition) is 1. The molecule has 0 fully saturated rings. The Morgan fingerprint density at radius 1 is 0.889 bits per heavy atom. The van der Waals surface area contributed by atoms with Gasteiger partial charge in [-0.25, -0.2) is 0 Å². The number of ketones is 1. The molecule has 18 heavy (non-hydrogen) atoms. The highest BCUT2D eigenvalue weighted by molar-refractivity contribution is 6.13. The maximum atomic E-state index is 11.7. The van der Waals surface area contributed by atoms with Crippen LogP contribution in [0, 0.1) is 0 Å². The third-order valence-corrected chi connectivity index (χ3v) is 3.65. The molecule has 1 nitrogen and oxygen atoms in total. The van der Waals surface area contributed by atoms with Crippen molar-refractivity contribution < 1.29 is 4.79 Å². The van der Waals surface area contributed by atoms with Crippen molar-refractivity contribution in [2.75, 3.05) is 0 Å². The minimum absolute atomic E-state index is 0.171. The average Bonchev–Trinajstić information content (AvgIpc) is 2.74. The number of benzene rings is 1. The summed E-state index contributed by atoms with van der Waals surface area (Å²) in [6.07, 6.45) is 10.8. The summed E-state index contributed by atoms with van der Waals surface area (Å²) in [4.78, 5) is 11.7. The molecule has 2 rings (SSSR count). The number of carbonyl (C=O) groups excluding carboxylic acids is 1. The molecule has 0 aromatic heterocycles. The van der Waals surface area contributed by atoms with Gasteiger partial charge in [0.25, 0.3) is 0 Å². The van der Waals surface area contributed by atoms with Gasteiger partial charge in [0.2, 0.25) is 0 Å². The molecule has 0 N–H and O–H groups in total. The summed E-state index contributed by atoms with van der Waals surface area (Å²) in [6, 6.07) is 4.37. The maximum absolute atomic E-state index is 11.7. The van der Waals surface area contributed by atoms with Crippen LogP contribution in [-0.2, 0) is 12.8 Å². The first-order valence-electron chi connectivity index (χ1n) is 7.14. The van der Waals surface area contributed by atoms with Gasteiger partial charge in [0, 0.05) is 5.56 Å². The summed E-state index contributed by atoms with van der Waals surface area (Å²) in [6.45, 7) is 4.44. The second-order valence-electron chi connectivity index (χ2n) is 5.11. The van der Waals surface area contributed by atoms with Crippen LogP contribution in [0.1, 0.15) is 66.6 Å². The van der Waals surface area contributed by atoms with Crippen LogP contribution < -0.4 is 0 Å². The zero-order valence-corrected chi connectivity index (χ0v) is 11.5. The van der Waals surface area contributed by atoms with E-state index in [1.807, 2.05) is 6.08 Å². The highest BCUT2D eigenvalue weighted by atomic mass is 16.1. The lowest BCUT2D eigenvalue weighted by atomic mass is 9.93. The fraction of sp³-hybridized carbons (Fsp3) is 0.471. The summed E-state index contributed by atoms with van der Waals surface area (Å²) in [5, 5.41) is 0. The quantitative estimate of drug-likeness (QED) is 0.713. The number of allylic oxidation sites excluding steroid dienone is 1. The van der Waals surface area contributed by atoms with Crippen LogP contribution in [-0.4, -0.2) is 5.78 Å². The van der Waals surface area contributed by atoms with Crippen molar-refractivity contribution in [3.8, 4) is 0 Å². The Morgan fingerprint density at radius 2 is 1.50 bits per heavy atom. The zero-order chi connectivity index (χ0) is 13.0. The van der Waals surface area contributed by atoms with Gasteiger partial charge in [0.15, 0.2) is 5.78 Å². The molecule has 0 radical (unpaired) electrons. The van der Waals surface area contributed by atoms with E-state index in [2.05, 4.69) is 26.0 Å². The molecule has 0 spiro atoms. The first-order chi connectivity index (χ1) is 8.76. The molecule has 1 aromatic carbocycles. The number of hydrogen-bond donors (Lipinski definition) is 0. The Bertz CT molecular complexity index is 469. The molecule has 1 heteroatoms. The molecule has 0 saturated heterocycles. The van der Waals surface area contributed by atoms with Crippen molar-refractivity contribution in [3.63, 3.8) is 0 Å². The standard InChI is InChI=1S/C17H22O/c1-3-5-7-13-11-15-9-10-17(18)16(15)12-14(13)8-6-4-2/h9-12H,3-8H2,1-2H3. The van der Waals surface area contributed by atoms with Gasteiger partial charge < -0.3 is 0 Å². The molecule has 0 heterocycles. The van der Waals surface area contributed by atoms with Crippen LogP contribution in [0.4, 0.5) is 0 Å². The minimum Gasteiger partial charge on any atom is -0.289 e. The van der Waals surface area contributed by atoms with E-state index >= 15 is 0 Å². The lowest BCUT2D eigenvalue weighted by Gasteiger charge is -2.11. The van der Waals surface area contributed by atoms with Crippen molar-refractivity contribution in [3.05, 3.63) is 40.5 Å². The number of aryl methyl sites for hydroxylation is 2. The molecular weight excluding hydrogens is 220 g/mol. The summed E-state index contributed by atoms with van der Waals surface area (Å²) in [5.41, 5.74) is 4.86. The highest BCUT2D eigenvalue weighted by Gasteiger charge is 2.16. The largest absolute Gasteiger partial charge is 0.289 e. The summed E-state index contributed by atoms with van der Waals surface area (Å²) >= 11 is 0. The van der Waals surface area contributed by atoms with Gasteiger partial charge in [-0.15, -0.1) is 0 Å². The molecule has 1 aromatic rings. The van der Waals surface area contributed by atoms with Crippen molar-refractivity contribution >= 4 is 11.9 Å². The van der Waals surface area contributed by atoms with Gasteiger partial charge in [0.05, 0.1) is 0 Å². The highest BCUT2D eigenvalue weighted by Crippen LogP contribution is 2.26. The Kier molecular flexibility index (Phi) is 4.35. The van der Waals surface area contributed by atoms with E-state index in [1.54, 1.807) is 6.08 Å². The van der Waals surface area contributed by atoms with Crippen LogP contribution in [0.25, 0.3) is 6.08 Å². The molecule has 1 aliphatic carbocycles. The predicted molar refractivity (Wildman–Crippen MR) is 77.0 cm³/mol. The number of rotatable bonds is 6. The van der Waals surface area contributed by atoms with Crippen molar-refractivity contribution in [2.45, 2.75) is 52.4 Å². The van der Waals surface area contributed by atoms with Gasteiger partial charge in [-0.05, 0) is 54.5 Å². The first kappa shape index (κ1) is 13.1. The molecule has 0 aliphatic heterocycles. The number of unbranched alkanes of at least 4 members (excludes halogenated alkanes) is 2. The molecule has 0 saturated carbocycles. The molecule has 0 atom stereocenters. The van der Waals surface area contributed by atoms with Crippen LogP contribution in [0.2, 0.25) is 0 Å². The van der Waals surface area contributed by atoms with Crippen LogP contribution >= 0.6 is 0 Å². The smallest absolute Gasteiger partial charge is 0.186 e. The van der Waals surface area contributed by atoms with Crippen molar-refractivity contribution in [1.29, 1.82) is 0 Å². The van der Waals surface area contributed by atoms with Crippen LogP contribution in [0.5, 0.6) is 0 Å². The molecular formula is C17H22O. The average molecular weight is 242 g/mol. The molecule has 0 unspecified atom stereocenters.